The van der Waals surface area contributed by atoms with Crippen LogP contribution in [0.2, 0.25) is 0 Å². The van der Waals surface area contributed by atoms with Gasteiger partial charge in [0.1, 0.15) is 11.6 Å². The minimum Gasteiger partial charge on any atom is -0.487 e. The molecule has 1 aromatic carbocycles. The Labute approximate surface area is 189 Å². The summed E-state index contributed by atoms with van der Waals surface area (Å²) in [7, 11) is 0. The second-order valence-corrected chi connectivity index (χ2v) is 8.19. The lowest BCUT2D eigenvalue weighted by molar-refractivity contribution is -0.148. The maximum atomic E-state index is 13.2. The first kappa shape index (κ1) is 24.3. The van der Waals surface area contributed by atoms with Crippen LogP contribution in [0, 0.1) is 5.92 Å². The van der Waals surface area contributed by atoms with Crippen LogP contribution in [0.15, 0.2) is 53.8 Å². The number of nitrogens with one attached hydrogen (secondary N) is 1. The zero-order valence-corrected chi connectivity index (χ0v) is 18.6. The number of aromatic nitrogens is 2. The van der Waals surface area contributed by atoms with E-state index < -0.39 is 19.0 Å². The van der Waals surface area contributed by atoms with Crippen LogP contribution in [0.1, 0.15) is 32.4 Å². The highest BCUT2D eigenvalue weighted by molar-refractivity contribution is 5.91. The molecule has 0 aliphatic carbocycles. The van der Waals surface area contributed by atoms with E-state index in [-0.39, 0.29) is 17.8 Å². The largest absolute Gasteiger partial charge is 0.487 e. The van der Waals surface area contributed by atoms with Gasteiger partial charge in [0.2, 0.25) is 0 Å². The molecule has 1 atom stereocenters. The van der Waals surface area contributed by atoms with Crippen LogP contribution in [0.25, 0.3) is 10.9 Å². The van der Waals surface area contributed by atoms with Crippen molar-refractivity contribution in [2.45, 2.75) is 39.2 Å². The van der Waals surface area contributed by atoms with Gasteiger partial charge in [-0.2, -0.15) is 8.78 Å². The molecule has 0 fully saturated rings. The topological polar surface area (TPSA) is 77.5 Å². The Balaban J connectivity index is 1.81. The van der Waals surface area contributed by atoms with Gasteiger partial charge in [0.05, 0.1) is 11.6 Å². The number of rotatable bonds is 9. The van der Waals surface area contributed by atoms with E-state index in [4.69, 9.17) is 10.5 Å². The van der Waals surface area contributed by atoms with Crippen molar-refractivity contribution in [2.24, 2.45) is 16.6 Å². The highest BCUT2D eigenvalue weighted by Gasteiger charge is 2.41. The monoisotopic (exact) mass is 465 g/mol. The first-order chi connectivity index (χ1) is 15.6. The van der Waals surface area contributed by atoms with Crippen LogP contribution in [0.4, 0.5) is 23.4 Å². The lowest BCUT2D eigenvalue weighted by atomic mass is 10.1. The Morgan fingerprint density at radius 3 is 2.64 bits per heavy atom. The summed E-state index contributed by atoms with van der Waals surface area (Å²) in [5.41, 5.74) is 7.55. The quantitative estimate of drug-likeness (QED) is 0.255. The van der Waals surface area contributed by atoms with Crippen LogP contribution in [0.3, 0.4) is 0 Å². The number of pyridine rings is 1. The van der Waals surface area contributed by atoms with Gasteiger partial charge in [0.15, 0.2) is 12.6 Å². The Morgan fingerprint density at radius 2 is 1.94 bits per heavy atom. The molecule has 1 unspecified atom stereocenters. The van der Waals surface area contributed by atoms with Gasteiger partial charge >= 0.3 is 12.3 Å². The van der Waals surface area contributed by atoms with Crippen molar-refractivity contribution in [3.8, 4) is 5.75 Å². The summed E-state index contributed by atoms with van der Waals surface area (Å²) in [6, 6.07) is 10.2. The van der Waals surface area contributed by atoms with Crippen LogP contribution < -0.4 is 15.8 Å². The van der Waals surface area contributed by atoms with E-state index in [9.17, 15) is 17.6 Å². The molecule has 0 aliphatic rings. The summed E-state index contributed by atoms with van der Waals surface area (Å²) in [4.78, 5) is 8.54. The standard InChI is InChI=1S/C23H27F4N5O/c1-14(2)12-30-22(28)31-20-10-17(6-8-29-20)15(3)32-9-7-16-4-5-18(11-19(16)32)33-13-23(26,27)21(24)25/h4-11,14-15,21H,12-13H2,1-3H3,(H3,28,29,30,31). The third kappa shape index (κ3) is 6.15. The van der Waals surface area contributed by atoms with E-state index in [0.717, 1.165) is 10.9 Å². The van der Waals surface area contributed by atoms with Crippen LogP contribution in [-0.2, 0) is 0 Å². The SMILES string of the molecule is CC(C)CN=C(N)Nc1cc(C(C)n2ccc3ccc(OCC(F)(F)C(F)F)cc32)ccn1. The molecule has 0 radical (unpaired) electrons. The number of benzene rings is 1. The molecule has 2 heterocycles. The van der Waals surface area contributed by atoms with Crippen molar-refractivity contribution in [3.05, 3.63) is 54.4 Å². The zero-order chi connectivity index (χ0) is 24.2. The van der Waals surface area contributed by atoms with Crippen LogP contribution in [-0.4, -0.2) is 41.0 Å². The molecule has 0 aliphatic heterocycles. The van der Waals surface area contributed by atoms with Gasteiger partial charge in [-0.15, -0.1) is 0 Å². The second kappa shape index (κ2) is 10.1. The fraction of sp³-hybridized carbons (Fsp3) is 0.391. The molecule has 3 rings (SSSR count). The third-order valence-electron chi connectivity index (χ3n) is 5.01. The molecule has 33 heavy (non-hydrogen) atoms. The molecular weight excluding hydrogens is 438 g/mol. The normalized spacial score (nSPS) is 13.7. The Hall–Kier alpha value is -3.30. The maximum Gasteiger partial charge on any atom is 0.340 e. The first-order valence-electron chi connectivity index (χ1n) is 10.5. The number of anilines is 1. The molecule has 178 valence electrons. The number of fused-ring (bicyclic) bond motifs is 1. The lowest BCUT2D eigenvalue weighted by Crippen LogP contribution is -2.33. The summed E-state index contributed by atoms with van der Waals surface area (Å²) in [6.07, 6.45) is -0.279. The molecule has 6 nitrogen and oxygen atoms in total. The second-order valence-electron chi connectivity index (χ2n) is 8.19. The predicted molar refractivity (Wildman–Crippen MR) is 121 cm³/mol. The maximum absolute atomic E-state index is 13.2. The molecule has 2 aromatic heterocycles. The molecule has 0 spiro atoms. The Kier molecular flexibility index (Phi) is 7.45. The van der Waals surface area contributed by atoms with Crippen LogP contribution in [0.5, 0.6) is 5.75 Å². The van der Waals surface area contributed by atoms with Crippen molar-refractivity contribution >= 4 is 22.7 Å². The summed E-state index contributed by atoms with van der Waals surface area (Å²) < 4.78 is 58.2. The van der Waals surface area contributed by atoms with Gasteiger partial charge < -0.3 is 20.4 Å². The number of guanidine groups is 1. The Bertz CT molecular complexity index is 1110. The number of nitrogens with two attached hydrogens (primary N) is 1. The van der Waals surface area contributed by atoms with Crippen molar-refractivity contribution in [2.75, 3.05) is 18.5 Å². The van der Waals surface area contributed by atoms with Gasteiger partial charge in [-0.05, 0) is 54.1 Å². The molecule has 0 amide bonds. The fourth-order valence-corrected chi connectivity index (χ4v) is 3.19. The zero-order valence-electron chi connectivity index (χ0n) is 18.6. The average Bonchev–Trinajstić information content (AvgIpc) is 3.19. The minimum absolute atomic E-state index is 0.0844. The van der Waals surface area contributed by atoms with E-state index >= 15 is 0 Å². The van der Waals surface area contributed by atoms with Crippen molar-refractivity contribution < 1.29 is 22.3 Å². The molecule has 3 N–H and O–H groups in total. The molecule has 0 saturated carbocycles. The number of aliphatic imine (C=N–C) groups is 1. The summed E-state index contributed by atoms with van der Waals surface area (Å²) >= 11 is 0. The van der Waals surface area contributed by atoms with Gasteiger partial charge in [0.25, 0.3) is 0 Å². The number of halogens is 4. The molecule has 0 bridgehead atoms. The molecule has 3 aromatic rings. The third-order valence-corrected chi connectivity index (χ3v) is 5.01. The smallest absolute Gasteiger partial charge is 0.340 e. The van der Waals surface area contributed by atoms with E-state index in [2.05, 4.69) is 15.3 Å². The lowest BCUT2D eigenvalue weighted by Gasteiger charge is -2.18. The van der Waals surface area contributed by atoms with Crippen molar-refractivity contribution in [1.82, 2.24) is 9.55 Å². The summed E-state index contributed by atoms with van der Waals surface area (Å²) in [5.74, 6) is -2.94. The molecule has 10 heteroatoms. The predicted octanol–water partition coefficient (Wildman–Crippen LogP) is 5.31. The number of hydrogen-bond donors (Lipinski definition) is 2. The Morgan fingerprint density at radius 1 is 1.18 bits per heavy atom. The summed E-state index contributed by atoms with van der Waals surface area (Å²) in [5, 5.41) is 3.83. The highest BCUT2D eigenvalue weighted by atomic mass is 19.3. The molecular formula is C23H27F4N5O. The fourth-order valence-electron chi connectivity index (χ4n) is 3.19. The minimum atomic E-state index is -4.22. The highest BCUT2D eigenvalue weighted by Crippen LogP contribution is 2.30. The van der Waals surface area contributed by atoms with Crippen molar-refractivity contribution in [1.29, 1.82) is 0 Å². The van der Waals surface area contributed by atoms with E-state index in [1.54, 1.807) is 18.3 Å². The first-order valence-corrected chi connectivity index (χ1v) is 10.5. The van der Waals surface area contributed by atoms with Gasteiger partial charge in [-0.1, -0.05) is 13.8 Å². The van der Waals surface area contributed by atoms with Gasteiger partial charge in [-0.3, -0.25) is 4.99 Å². The van der Waals surface area contributed by atoms with E-state index in [1.165, 1.54) is 6.07 Å². The number of alkyl halides is 4. The van der Waals surface area contributed by atoms with E-state index in [1.807, 2.05) is 49.7 Å². The van der Waals surface area contributed by atoms with E-state index in [0.29, 0.717) is 23.8 Å². The van der Waals surface area contributed by atoms with Gasteiger partial charge in [0, 0.05) is 25.0 Å². The van der Waals surface area contributed by atoms with Crippen molar-refractivity contribution in [3.63, 3.8) is 0 Å². The van der Waals surface area contributed by atoms with Gasteiger partial charge in [-0.25, -0.2) is 13.8 Å². The van der Waals surface area contributed by atoms with Crippen LogP contribution >= 0.6 is 0 Å². The number of nitrogens with zero attached hydrogens (tertiary/aromatic N) is 3. The summed E-state index contributed by atoms with van der Waals surface area (Å²) in [6.45, 7) is 5.25. The number of hydrogen-bond acceptors (Lipinski definition) is 3. The average molecular weight is 465 g/mol. The number of ether oxygens (including phenoxy) is 1. The molecule has 0 saturated heterocycles.